The van der Waals surface area contributed by atoms with Gasteiger partial charge in [-0.25, -0.2) is 9.59 Å². The van der Waals surface area contributed by atoms with Gasteiger partial charge >= 0.3 is 11.9 Å². The van der Waals surface area contributed by atoms with E-state index in [4.69, 9.17) is 40.1 Å². The summed E-state index contributed by atoms with van der Waals surface area (Å²) in [6.45, 7) is 8.23. The topological polar surface area (TPSA) is 122 Å². The van der Waals surface area contributed by atoms with Gasteiger partial charge in [0, 0.05) is 5.56 Å². The van der Waals surface area contributed by atoms with Crippen LogP contribution in [0.15, 0.2) is 65.8 Å². The molecule has 0 radical (unpaired) electrons. The van der Waals surface area contributed by atoms with Crippen LogP contribution in [-0.4, -0.2) is 48.2 Å². The number of esters is 1. The van der Waals surface area contributed by atoms with Gasteiger partial charge in [-0.1, -0.05) is 41.0 Å². The molecule has 0 aliphatic rings. The lowest BCUT2D eigenvalue weighted by Crippen LogP contribution is -2.40. The van der Waals surface area contributed by atoms with Crippen molar-refractivity contribution < 1.29 is 43.2 Å². The first-order valence-corrected chi connectivity index (χ1v) is 13.7. The maximum atomic E-state index is 12.6. The molecule has 1 N–H and O–H groups in total. The number of oxime groups is 1. The molecule has 43 heavy (non-hydrogen) atoms. The molecule has 0 bridgehead atoms. The number of benzene rings is 3. The molecule has 10 nitrogen and oxygen atoms in total. The quantitative estimate of drug-likeness (QED) is 0.132. The van der Waals surface area contributed by atoms with E-state index in [9.17, 15) is 14.7 Å². The number of carboxylic acid groups (broad SMARTS) is 1. The highest BCUT2D eigenvalue weighted by atomic mass is 35.5. The molecule has 0 atom stereocenters. The van der Waals surface area contributed by atoms with Gasteiger partial charge in [-0.2, -0.15) is 0 Å². The van der Waals surface area contributed by atoms with E-state index in [1.807, 2.05) is 36.4 Å². The molecule has 230 valence electrons. The van der Waals surface area contributed by atoms with Crippen molar-refractivity contribution in [2.75, 3.05) is 14.2 Å². The summed E-state index contributed by atoms with van der Waals surface area (Å²) < 4.78 is 27.9. The number of methoxy groups -OCH3 is 2. The lowest BCUT2D eigenvalue weighted by molar-refractivity contribution is -0.179. The maximum absolute atomic E-state index is 12.6. The molecule has 11 heteroatoms. The molecule has 3 aromatic carbocycles. The predicted molar refractivity (Wildman–Crippen MR) is 161 cm³/mol. The minimum Gasteiger partial charge on any atom is -0.497 e. The number of hydrogen-bond acceptors (Lipinski definition) is 9. The molecule has 0 aromatic heterocycles. The molecule has 3 aromatic rings. The van der Waals surface area contributed by atoms with Crippen LogP contribution in [0.2, 0.25) is 5.02 Å². The number of carbonyl (C=O) groups excluding carboxylic acids is 1. The fourth-order valence-electron chi connectivity index (χ4n) is 3.53. The second kappa shape index (κ2) is 14.2. The van der Waals surface area contributed by atoms with Gasteiger partial charge in [0.1, 0.15) is 30.3 Å². The highest BCUT2D eigenvalue weighted by Crippen LogP contribution is 2.39. The summed E-state index contributed by atoms with van der Waals surface area (Å²) in [6, 6.07) is 17.5. The zero-order valence-corrected chi connectivity index (χ0v) is 26.0. The number of carboxylic acids is 1. The zero-order valence-electron chi connectivity index (χ0n) is 25.2. The van der Waals surface area contributed by atoms with Crippen molar-refractivity contribution >= 4 is 29.3 Å². The van der Waals surface area contributed by atoms with Gasteiger partial charge in [-0.3, -0.25) is 0 Å². The summed E-state index contributed by atoms with van der Waals surface area (Å²) in [5, 5.41) is 13.7. The van der Waals surface area contributed by atoms with Crippen LogP contribution < -0.4 is 18.9 Å². The fourth-order valence-corrected chi connectivity index (χ4v) is 3.83. The normalized spacial score (nSPS) is 11.9. The highest BCUT2D eigenvalue weighted by Gasteiger charge is 2.36. The molecule has 0 heterocycles. The zero-order chi connectivity index (χ0) is 31.8. The van der Waals surface area contributed by atoms with Crippen LogP contribution >= 0.6 is 11.6 Å². The van der Waals surface area contributed by atoms with Gasteiger partial charge in [0.15, 0.2) is 17.2 Å². The summed E-state index contributed by atoms with van der Waals surface area (Å²) in [5.74, 6) is -0.386. The van der Waals surface area contributed by atoms with Crippen molar-refractivity contribution in [3.05, 3.63) is 82.4 Å². The number of hydrogen-bond donors (Lipinski definition) is 1. The third kappa shape index (κ3) is 9.27. The van der Waals surface area contributed by atoms with Crippen LogP contribution in [0.1, 0.15) is 51.3 Å². The summed E-state index contributed by atoms with van der Waals surface area (Å²) in [4.78, 5) is 30.3. The fraction of sp³-hybridized carbons (Fsp3) is 0.344. The highest BCUT2D eigenvalue weighted by molar-refractivity contribution is 6.47. The number of halogens is 1. The van der Waals surface area contributed by atoms with Gasteiger partial charge in [0.25, 0.3) is 0 Å². The minimum absolute atomic E-state index is 0.00400. The minimum atomic E-state index is -1.59. The first-order chi connectivity index (χ1) is 20.2. The van der Waals surface area contributed by atoms with E-state index in [2.05, 4.69) is 5.16 Å². The smallest absolute Gasteiger partial charge is 0.358 e. The summed E-state index contributed by atoms with van der Waals surface area (Å²) in [6.07, 6.45) is 0. The van der Waals surface area contributed by atoms with E-state index in [0.717, 1.165) is 11.1 Å². The largest absolute Gasteiger partial charge is 0.497 e. The standard InChI is InChI=1S/C32H36ClNO9/c1-31(2,3)42-30(37)32(4,5)43-34-27(29(35)36)24-16-17-25(40-18-20-8-12-22(38-6)13-9-20)28(26(24)33)41-19-21-10-14-23(39-7)15-11-21/h8-17H,18-19H2,1-7H3,(H,35,36). The van der Waals surface area contributed by atoms with Crippen LogP contribution in [0.25, 0.3) is 0 Å². The Kier molecular flexibility index (Phi) is 10.9. The van der Waals surface area contributed by atoms with E-state index >= 15 is 0 Å². The van der Waals surface area contributed by atoms with Crippen LogP contribution in [0.5, 0.6) is 23.0 Å². The van der Waals surface area contributed by atoms with Crippen molar-refractivity contribution in [2.45, 2.75) is 59.0 Å². The molecule has 0 saturated heterocycles. The Bertz CT molecular complexity index is 1440. The molecular formula is C32H36ClNO9. The van der Waals surface area contributed by atoms with E-state index < -0.39 is 28.9 Å². The monoisotopic (exact) mass is 613 g/mol. The lowest BCUT2D eigenvalue weighted by atomic mass is 10.1. The first-order valence-electron chi connectivity index (χ1n) is 13.3. The number of carbonyl (C=O) groups is 2. The molecule has 0 saturated carbocycles. The van der Waals surface area contributed by atoms with Crippen LogP contribution in [0, 0.1) is 0 Å². The van der Waals surface area contributed by atoms with Gasteiger partial charge < -0.3 is 33.6 Å². The Balaban J connectivity index is 1.96. The van der Waals surface area contributed by atoms with Crippen molar-refractivity contribution in [2.24, 2.45) is 5.16 Å². The Morgan fingerprint density at radius 1 is 0.791 bits per heavy atom. The van der Waals surface area contributed by atoms with Crippen molar-refractivity contribution in [1.82, 2.24) is 0 Å². The second-order valence-corrected chi connectivity index (χ2v) is 11.3. The number of nitrogens with zero attached hydrogens (tertiary/aromatic N) is 1. The Morgan fingerprint density at radius 3 is 1.77 bits per heavy atom. The Hall–Kier alpha value is -4.44. The summed E-state index contributed by atoms with van der Waals surface area (Å²) >= 11 is 6.75. The Labute approximate surface area is 256 Å². The summed E-state index contributed by atoms with van der Waals surface area (Å²) in [7, 11) is 3.16. The first kappa shape index (κ1) is 33.1. The van der Waals surface area contributed by atoms with Crippen molar-refractivity contribution in [1.29, 1.82) is 0 Å². The number of ether oxygens (including phenoxy) is 5. The third-order valence-electron chi connectivity index (χ3n) is 5.87. The SMILES string of the molecule is COc1ccc(COc2ccc(C(=NOC(C)(C)C(=O)OC(C)(C)C)C(=O)O)c(Cl)c2OCc2ccc(OC)cc2)cc1. The lowest BCUT2D eigenvalue weighted by Gasteiger charge is -2.26. The molecule has 0 amide bonds. The maximum Gasteiger partial charge on any atom is 0.358 e. The number of aliphatic carboxylic acids is 1. The van der Waals surface area contributed by atoms with Gasteiger partial charge in [-0.15, -0.1) is 0 Å². The second-order valence-electron chi connectivity index (χ2n) is 10.9. The van der Waals surface area contributed by atoms with Crippen LogP contribution in [-0.2, 0) is 32.4 Å². The molecule has 3 rings (SSSR count). The van der Waals surface area contributed by atoms with Crippen molar-refractivity contribution in [3.63, 3.8) is 0 Å². The van der Waals surface area contributed by atoms with Gasteiger partial charge in [-0.05, 0) is 82.1 Å². The van der Waals surface area contributed by atoms with Crippen LogP contribution in [0.4, 0.5) is 0 Å². The number of rotatable bonds is 13. The van der Waals surface area contributed by atoms with Crippen LogP contribution in [0.3, 0.4) is 0 Å². The summed E-state index contributed by atoms with van der Waals surface area (Å²) in [5.41, 5.74) is -1.26. The van der Waals surface area contributed by atoms with E-state index in [1.54, 1.807) is 47.1 Å². The van der Waals surface area contributed by atoms with Crippen molar-refractivity contribution in [3.8, 4) is 23.0 Å². The molecule has 0 aliphatic heterocycles. The third-order valence-corrected chi connectivity index (χ3v) is 6.25. The van der Waals surface area contributed by atoms with Gasteiger partial charge in [0.05, 0.1) is 19.2 Å². The van der Waals surface area contributed by atoms with Gasteiger partial charge in [0.2, 0.25) is 5.60 Å². The van der Waals surface area contributed by atoms with E-state index in [-0.39, 0.29) is 35.3 Å². The average Bonchev–Trinajstić information content (AvgIpc) is 2.96. The predicted octanol–water partition coefficient (Wildman–Crippen LogP) is 6.44. The average molecular weight is 614 g/mol. The van der Waals surface area contributed by atoms with E-state index in [1.165, 1.54) is 26.0 Å². The molecule has 0 aliphatic carbocycles. The molecular weight excluding hydrogens is 578 g/mol. The Morgan fingerprint density at radius 2 is 1.30 bits per heavy atom. The molecule has 0 unspecified atom stereocenters. The van der Waals surface area contributed by atoms with E-state index in [0.29, 0.717) is 11.5 Å². The molecule has 0 fully saturated rings. The molecule has 0 spiro atoms.